The molecule has 2 aliphatic heterocycles. The average molecular weight is 463 g/mol. The Labute approximate surface area is 188 Å². The molecule has 5 atom stereocenters. The third-order valence-corrected chi connectivity index (χ3v) is 7.75. The van der Waals surface area contributed by atoms with Gasteiger partial charge in [-0.25, -0.2) is 0 Å². The van der Waals surface area contributed by atoms with Crippen molar-refractivity contribution in [1.82, 2.24) is 0 Å². The normalized spacial score (nSPS) is 32.6. The predicted octanol–water partition coefficient (Wildman–Crippen LogP) is 2.48. The summed E-state index contributed by atoms with van der Waals surface area (Å²) < 4.78 is 12.9. The Morgan fingerprint density at radius 3 is 2.68 bits per heavy atom. The molecular formula is C23H23ClO6S. The van der Waals surface area contributed by atoms with E-state index in [2.05, 4.69) is 31.2 Å². The van der Waals surface area contributed by atoms with Crippen molar-refractivity contribution in [3.63, 3.8) is 0 Å². The molecule has 31 heavy (non-hydrogen) atoms. The van der Waals surface area contributed by atoms with Gasteiger partial charge in [-0.2, -0.15) is 0 Å². The van der Waals surface area contributed by atoms with Crippen molar-refractivity contribution in [3.8, 4) is 0 Å². The van der Waals surface area contributed by atoms with E-state index in [0.29, 0.717) is 17.0 Å². The Morgan fingerprint density at radius 2 is 1.90 bits per heavy atom. The molecule has 4 N–H and O–H groups in total. The van der Waals surface area contributed by atoms with Gasteiger partial charge in [0, 0.05) is 26.6 Å². The number of fused-ring (bicyclic) bond motifs is 3. The van der Waals surface area contributed by atoms with Gasteiger partial charge in [-0.3, -0.25) is 0 Å². The number of hydrogen-bond acceptors (Lipinski definition) is 7. The average Bonchev–Trinajstić information content (AvgIpc) is 3.34. The summed E-state index contributed by atoms with van der Waals surface area (Å²) in [6.07, 6.45) is -3.97. The van der Waals surface area contributed by atoms with Gasteiger partial charge in [0.15, 0.2) is 0 Å². The smallest absolute Gasteiger partial charge is 0.225 e. The number of hydrogen-bond donors (Lipinski definition) is 4. The van der Waals surface area contributed by atoms with Gasteiger partial charge in [-0.1, -0.05) is 35.4 Å². The molecule has 0 unspecified atom stereocenters. The minimum atomic E-state index is -1.70. The number of aliphatic hydroxyl groups excluding tert-OH is 4. The van der Waals surface area contributed by atoms with Crippen LogP contribution in [-0.4, -0.2) is 57.6 Å². The SMILES string of the molecule is Cc1ccc2sc(Cc3cc([C@]45OC[C@](CO)(O4)[C@@H](O)[C@H](O)[C@H]5O)ccc3Cl)cc2c1. The van der Waals surface area contributed by atoms with E-state index in [4.69, 9.17) is 21.1 Å². The molecule has 2 saturated heterocycles. The van der Waals surface area contributed by atoms with E-state index in [-0.39, 0.29) is 6.61 Å². The van der Waals surface area contributed by atoms with Crippen LogP contribution in [0, 0.1) is 6.92 Å². The number of halogens is 1. The second-order valence-corrected chi connectivity index (χ2v) is 9.97. The molecule has 6 nitrogen and oxygen atoms in total. The van der Waals surface area contributed by atoms with Crippen LogP contribution in [0.5, 0.6) is 0 Å². The van der Waals surface area contributed by atoms with Crippen LogP contribution >= 0.6 is 22.9 Å². The number of thiophene rings is 1. The molecular weight excluding hydrogens is 440 g/mol. The standard InChI is InChI=1S/C23H23ClO6S/c1-12-2-5-18-14(6-12)9-16(31-18)8-13-7-15(3-4-17(13)24)23-21(28)19(26)20(27)22(10-25,30-23)11-29-23/h2-7,9,19-21,25-28H,8,10-11H2,1H3/t19-,20-,21+,22-,23-/m0/s1. The quantitative estimate of drug-likeness (QED) is 0.475. The topological polar surface area (TPSA) is 99.4 Å². The molecule has 5 rings (SSSR count). The van der Waals surface area contributed by atoms with Gasteiger partial charge in [-0.05, 0) is 42.1 Å². The Hall–Kier alpha value is -1.55. The minimum absolute atomic E-state index is 0.160. The summed E-state index contributed by atoms with van der Waals surface area (Å²) in [7, 11) is 0. The van der Waals surface area contributed by atoms with Gasteiger partial charge in [0.1, 0.15) is 23.9 Å². The lowest BCUT2D eigenvalue weighted by Gasteiger charge is -2.46. The molecule has 1 aromatic heterocycles. The molecule has 2 fully saturated rings. The van der Waals surface area contributed by atoms with Crippen LogP contribution in [0.4, 0.5) is 0 Å². The van der Waals surface area contributed by atoms with Crippen LogP contribution in [0.2, 0.25) is 5.02 Å². The second kappa shape index (κ2) is 7.50. The molecule has 2 bridgehead atoms. The predicted molar refractivity (Wildman–Crippen MR) is 117 cm³/mol. The largest absolute Gasteiger partial charge is 0.393 e. The van der Waals surface area contributed by atoms with Crippen molar-refractivity contribution in [2.75, 3.05) is 13.2 Å². The fourth-order valence-corrected chi connectivity index (χ4v) is 5.75. The van der Waals surface area contributed by atoms with Crippen LogP contribution in [0.1, 0.15) is 21.6 Å². The van der Waals surface area contributed by atoms with E-state index in [1.807, 2.05) is 0 Å². The van der Waals surface area contributed by atoms with E-state index >= 15 is 0 Å². The summed E-state index contributed by atoms with van der Waals surface area (Å²) in [5, 5.41) is 43.0. The molecule has 0 saturated carbocycles. The zero-order valence-electron chi connectivity index (χ0n) is 16.8. The Kier molecular flexibility index (Phi) is 5.16. The minimum Gasteiger partial charge on any atom is -0.393 e. The fourth-order valence-electron chi connectivity index (χ4n) is 4.49. The van der Waals surface area contributed by atoms with Crippen molar-refractivity contribution in [2.24, 2.45) is 0 Å². The molecule has 2 aromatic carbocycles. The maximum absolute atomic E-state index is 10.7. The van der Waals surface area contributed by atoms with Gasteiger partial charge < -0.3 is 29.9 Å². The Morgan fingerprint density at radius 1 is 1.10 bits per heavy atom. The van der Waals surface area contributed by atoms with Crippen molar-refractivity contribution in [3.05, 3.63) is 69.1 Å². The molecule has 3 heterocycles. The zero-order valence-corrected chi connectivity index (χ0v) is 18.4. The summed E-state index contributed by atoms with van der Waals surface area (Å²) in [5.41, 5.74) is 0.990. The number of ether oxygens (including phenoxy) is 2. The lowest BCUT2D eigenvalue weighted by Crippen LogP contribution is -2.65. The van der Waals surface area contributed by atoms with E-state index in [1.54, 1.807) is 29.5 Å². The number of benzene rings is 2. The molecule has 3 aromatic rings. The first kappa shape index (κ1) is 21.3. The van der Waals surface area contributed by atoms with E-state index in [1.165, 1.54) is 15.6 Å². The van der Waals surface area contributed by atoms with Crippen LogP contribution in [0.3, 0.4) is 0 Å². The maximum Gasteiger partial charge on any atom is 0.225 e. The van der Waals surface area contributed by atoms with Crippen molar-refractivity contribution in [2.45, 2.75) is 43.0 Å². The molecule has 0 aliphatic carbocycles. The van der Waals surface area contributed by atoms with Gasteiger partial charge in [0.25, 0.3) is 0 Å². The zero-order chi connectivity index (χ0) is 22.0. The van der Waals surface area contributed by atoms with Crippen molar-refractivity contribution >= 4 is 33.0 Å². The summed E-state index contributed by atoms with van der Waals surface area (Å²) in [6.45, 7) is 1.35. The lowest BCUT2D eigenvalue weighted by atomic mass is 9.83. The summed E-state index contributed by atoms with van der Waals surface area (Å²) in [5.74, 6) is -1.70. The third kappa shape index (κ3) is 3.23. The first-order valence-electron chi connectivity index (χ1n) is 10.1. The highest BCUT2D eigenvalue weighted by atomic mass is 35.5. The van der Waals surface area contributed by atoms with Gasteiger partial charge in [-0.15, -0.1) is 11.3 Å². The maximum atomic E-state index is 10.7. The van der Waals surface area contributed by atoms with E-state index in [9.17, 15) is 20.4 Å². The molecule has 0 spiro atoms. The lowest BCUT2D eigenvalue weighted by molar-refractivity contribution is -0.329. The third-order valence-electron chi connectivity index (χ3n) is 6.26. The van der Waals surface area contributed by atoms with Crippen LogP contribution < -0.4 is 0 Å². The highest BCUT2D eigenvalue weighted by Gasteiger charge is 2.67. The molecule has 0 amide bonds. The summed E-state index contributed by atoms with van der Waals surface area (Å²) in [4.78, 5) is 1.13. The first-order valence-corrected chi connectivity index (χ1v) is 11.2. The monoisotopic (exact) mass is 462 g/mol. The number of aryl methyl sites for hydroxylation is 1. The van der Waals surface area contributed by atoms with Crippen LogP contribution in [0.15, 0.2) is 42.5 Å². The molecule has 0 radical (unpaired) electrons. The summed E-state index contributed by atoms with van der Waals surface area (Å²) >= 11 is 8.17. The van der Waals surface area contributed by atoms with Crippen LogP contribution in [0.25, 0.3) is 10.1 Å². The fraction of sp³-hybridized carbons (Fsp3) is 0.391. The summed E-state index contributed by atoms with van der Waals surface area (Å²) in [6, 6.07) is 13.6. The van der Waals surface area contributed by atoms with Gasteiger partial charge in [0.05, 0.1) is 13.2 Å². The van der Waals surface area contributed by atoms with Gasteiger partial charge in [0.2, 0.25) is 5.79 Å². The molecule has 8 heteroatoms. The van der Waals surface area contributed by atoms with Crippen molar-refractivity contribution < 1.29 is 29.9 Å². The molecule has 2 aliphatic rings. The highest BCUT2D eigenvalue weighted by molar-refractivity contribution is 7.19. The van der Waals surface area contributed by atoms with E-state index < -0.39 is 36.3 Å². The first-order chi connectivity index (χ1) is 14.8. The van der Waals surface area contributed by atoms with E-state index in [0.717, 1.165) is 10.4 Å². The molecule has 164 valence electrons. The van der Waals surface area contributed by atoms with Gasteiger partial charge >= 0.3 is 0 Å². The Bertz CT molecular complexity index is 1150. The second-order valence-electron chi connectivity index (χ2n) is 8.40. The number of rotatable bonds is 4. The van der Waals surface area contributed by atoms with Crippen molar-refractivity contribution in [1.29, 1.82) is 0 Å². The Balaban J connectivity index is 1.52. The van der Waals surface area contributed by atoms with Crippen LogP contribution in [-0.2, 0) is 21.7 Å². The highest BCUT2D eigenvalue weighted by Crippen LogP contribution is 2.50. The number of aliphatic hydroxyl groups is 4.